The molecule has 5 heteroatoms. The van der Waals surface area contributed by atoms with E-state index in [2.05, 4.69) is 5.32 Å². The summed E-state index contributed by atoms with van der Waals surface area (Å²) in [7, 11) is 0. The first-order valence-corrected chi connectivity index (χ1v) is 6.21. The third kappa shape index (κ3) is 4.52. The summed E-state index contributed by atoms with van der Waals surface area (Å²) in [6, 6.07) is 3.85. The van der Waals surface area contributed by atoms with Crippen LogP contribution in [0, 0.1) is 11.7 Å². The third-order valence-electron chi connectivity index (χ3n) is 2.74. The molecule has 0 bridgehead atoms. The predicted octanol–water partition coefficient (Wildman–Crippen LogP) is 2.73. The van der Waals surface area contributed by atoms with Gasteiger partial charge in [-0.1, -0.05) is 19.9 Å². The van der Waals surface area contributed by atoms with Crippen molar-refractivity contribution < 1.29 is 19.4 Å². The number of halogens is 1. The van der Waals surface area contributed by atoms with Gasteiger partial charge in [-0.3, -0.25) is 0 Å². The average molecular weight is 269 g/mol. The van der Waals surface area contributed by atoms with Crippen molar-refractivity contribution in [3.05, 3.63) is 29.6 Å². The lowest BCUT2D eigenvalue weighted by Gasteiger charge is -2.26. The summed E-state index contributed by atoms with van der Waals surface area (Å²) >= 11 is 0. The first-order chi connectivity index (χ1) is 8.73. The Kier molecular flexibility index (Phi) is 4.89. The Morgan fingerprint density at radius 1 is 1.47 bits per heavy atom. The van der Waals surface area contributed by atoms with Crippen molar-refractivity contribution in [2.45, 2.75) is 32.8 Å². The zero-order chi connectivity index (χ0) is 14.6. The summed E-state index contributed by atoms with van der Waals surface area (Å²) in [6.07, 6.45) is 0.539. The maximum atomic E-state index is 13.6. The van der Waals surface area contributed by atoms with E-state index in [9.17, 15) is 14.3 Å². The highest BCUT2D eigenvalue weighted by Gasteiger charge is 2.23. The van der Waals surface area contributed by atoms with Gasteiger partial charge in [0, 0.05) is 6.54 Å². The van der Waals surface area contributed by atoms with Crippen LogP contribution in [-0.2, 0) is 0 Å². The summed E-state index contributed by atoms with van der Waals surface area (Å²) in [5.74, 6) is -1.55. The normalized spacial score (nSPS) is 14.2. The van der Waals surface area contributed by atoms with Crippen LogP contribution in [0.1, 0.15) is 37.6 Å². The van der Waals surface area contributed by atoms with Gasteiger partial charge >= 0.3 is 5.97 Å². The number of aromatic carboxylic acids is 1. The largest absolute Gasteiger partial charge is 0.478 e. The third-order valence-corrected chi connectivity index (χ3v) is 2.74. The molecule has 1 unspecified atom stereocenters. The van der Waals surface area contributed by atoms with Crippen molar-refractivity contribution in [3.63, 3.8) is 0 Å². The van der Waals surface area contributed by atoms with Gasteiger partial charge < -0.3 is 15.5 Å². The minimum absolute atomic E-state index is 0.0842. The molecule has 0 aromatic heterocycles. The molecule has 1 rings (SSSR count). The van der Waals surface area contributed by atoms with Gasteiger partial charge in [0.25, 0.3) is 0 Å². The zero-order valence-electron chi connectivity index (χ0n) is 11.4. The van der Waals surface area contributed by atoms with E-state index in [-0.39, 0.29) is 23.7 Å². The number of rotatable bonds is 6. The summed E-state index contributed by atoms with van der Waals surface area (Å²) in [5, 5.41) is 21.8. The van der Waals surface area contributed by atoms with Crippen molar-refractivity contribution in [1.82, 2.24) is 0 Å². The Hall–Kier alpha value is -1.62. The van der Waals surface area contributed by atoms with Crippen LogP contribution in [0.2, 0.25) is 0 Å². The quantitative estimate of drug-likeness (QED) is 0.742. The van der Waals surface area contributed by atoms with Crippen LogP contribution in [-0.4, -0.2) is 28.3 Å². The number of aliphatic hydroxyl groups is 1. The first kappa shape index (κ1) is 15.4. The first-order valence-electron chi connectivity index (χ1n) is 6.21. The van der Waals surface area contributed by atoms with Crippen LogP contribution in [0.25, 0.3) is 0 Å². The fourth-order valence-corrected chi connectivity index (χ4v) is 2.11. The smallest absolute Gasteiger partial charge is 0.337 e. The summed E-state index contributed by atoms with van der Waals surface area (Å²) < 4.78 is 13.6. The highest BCUT2D eigenvalue weighted by Crippen LogP contribution is 2.22. The van der Waals surface area contributed by atoms with E-state index >= 15 is 0 Å². The van der Waals surface area contributed by atoms with Gasteiger partial charge in [0.2, 0.25) is 0 Å². The minimum Gasteiger partial charge on any atom is -0.478 e. The molecule has 0 aliphatic heterocycles. The number of carbonyl (C=O) groups is 1. The van der Waals surface area contributed by atoms with E-state index in [1.54, 1.807) is 6.92 Å². The van der Waals surface area contributed by atoms with Gasteiger partial charge in [-0.2, -0.15) is 0 Å². The Labute approximate surface area is 112 Å². The number of hydrogen-bond acceptors (Lipinski definition) is 3. The number of carboxylic acid groups (broad SMARTS) is 1. The lowest BCUT2D eigenvalue weighted by Crippen LogP contribution is -2.35. The molecule has 0 heterocycles. The number of nitrogens with one attached hydrogen (secondary N) is 1. The molecule has 1 atom stereocenters. The zero-order valence-corrected chi connectivity index (χ0v) is 11.4. The van der Waals surface area contributed by atoms with Crippen LogP contribution < -0.4 is 5.32 Å². The molecular weight excluding hydrogens is 249 g/mol. The Morgan fingerprint density at radius 3 is 2.63 bits per heavy atom. The van der Waals surface area contributed by atoms with Crippen LogP contribution in [0.15, 0.2) is 18.2 Å². The van der Waals surface area contributed by atoms with Crippen molar-refractivity contribution in [3.8, 4) is 0 Å². The second-order valence-corrected chi connectivity index (χ2v) is 5.42. The molecule has 0 aliphatic carbocycles. The maximum Gasteiger partial charge on any atom is 0.337 e. The number of para-hydroxylation sites is 1. The minimum atomic E-state index is -1.20. The molecule has 0 fully saturated rings. The van der Waals surface area contributed by atoms with Gasteiger partial charge in [-0.15, -0.1) is 0 Å². The van der Waals surface area contributed by atoms with Gasteiger partial charge in [0.05, 0.1) is 16.9 Å². The van der Waals surface area contributed by atoms with Crippen LogP contribution in [0.5, 0.6) is 0 Å². The molecule has 0 saturated heterocycles. The lowest BCUT2D eigenvalue weighted by atomic mass is 9.94. The highest BCUT2D eigenvalue weighted by atomic mass is 19.1. The fourth-order valence-electron chi connectivity index (χ4n) is 2.11. The molecule has 0 amide bonds. The standard InChI is InChI=1S/C14H20FNO3/c1-9(2)7-14(3,19)8-16-12-10(13(17)18)5-4-6-11(12)15/h4-6,9,16,19H,7-8H2,1-3H3,(H,17,18). The van der Waals surface area contributed by atoms with E-state index in [1.165, 1.54) is 18.2 Å². The molecule has 19 heavy (non-hydrogen) atoms. The van der Waals surface area contributed by atoms with E-state index in [0.29, 0.717) is 6.42 Å². The summed E-state index contributed by atoms with van der Waals surface area (Å²) in [6.45, 7) is 5.67. The molecule has 106 valence electrons. The van der Waals surface area contributed by atoms with E-state index in [4.69, 9.17) is 5.11 Å². The average Bonchev–Trinajstić information content (AvgIpc) is 2.25. The van der Waals surface area contributed by atoms with Crippen LogP contribution >= 0.6 is 0 Å². The second kappa shape index (κ2) is 6.02. The maximum absolute atomic E-state index is 13.6. The fraction of sp³-hybridized carbons (Fsp3) is 0.500. The lowest BCUT2D eigenvalue weighted by molar-refractivity contribution is 0.0512. The molecule has 3 N–H and O–H groups in total. The van der Waals surface area contributed by atoms with E-state index < -0.39 is 17.4 Å². The Bertz CT molecular complexity index is 458. The number of hydrogen-bond donors (Lipinski definition) is 3. The van der Waals surface area contributed by atoms with Gasteiger partial charge in [-0.25, -0.2) is 9.18 Å². The van der Waals surface area contributed by atoms with Crippen LogP contribution in [0.4, 0.5) is 10.1 Å². The molecule has 1 aromatic carbocycles. The Balaban J connectivity index is 2.86. The molecule has 1 aromatic rings. The Morgan fingerprint density at radius 2 is 2.11 bits per heavy atom. The number of anilines is 1. The SMILES string of the molecule is CC(C)CC(C)(O)CNc1c(F)cccc1C(=O)O. The monoisotopic (exact) mass is 269 g/mol. The van der Waals surface area contributed by atoms with Gasteiger partial charge in [0.15, 0.2) is 0 Å². The molecule has 0 spiro atoms. The van der Waals surface area contributed by atoms with Crippen molar-refractivity contribution in [2.75, 3.05) is 11.9 Å². The summed E-state index contributed by atoms with van der Waals surface area (Å²) in [5.41, 5.74) is -1.24. The highest BCUT2D eigenvalue weighted by molar-refractivity contribution is 5.94. The van der Waals surface area contributed by atoms with Gasteiger partial charge in [-0.05, 0) is 31.4 Å². The van der Waals surface area contributed by atoms with Gasteiger partial charge in [0.1, 0.15) is 5.82 Å². The molecule has 0 aliphatic rings. The van der Waals surface area contributed by atoms with Crippen molar-refractivity contribution >= 4 is 11.7 Å². The number of carboxylic acids is 1. The van der Waals surface area contributed by atoms with Crippen molar-refractivity contribution in [1.29, 1.82) is 0 Å². The predicted molar refractivity (Wildman–Crippen MR) is 71.9 cm³/mol. The van der Waals surface area contributed by atoms with E-state index in [1.807, 2.05) is 13.8 Å². The van der Waals surface area contributed by atoms with E-state index in [0.717, 1.165) is 0 Å². The van der Waals surface area contributed by atoms with Crippen LogP contribution in [0.3, 0.4) is 0 Å². The molecule has 4 nitrogen and oxygen atoms in total. The van der Waals surface area contributed by atoms with Crippen molar-refractivity contribution in [2.24, 2.45) is 5.92 Å². The number of benzene rings is 1. The molecular formula is C14H20FNO3. The summed E-state index contributed by atoms with van der Waals surface area (Å²) in [4.78, 5) is 11.0. The molecule has 0 radical (unpaired) electrons. The topological polar surface area (TPSA) is 69.6 Å². The second-order valence-electron chi connectivity index (χ2n) is 5.42. The molecule has 0 saturated carbocycles.